The molecular formula is C34H46N4O2. The number of nitrogens with one attached hydrogen (secondary N) is 3. The van der Waals surface area contributed by atoms with Crippen LogP contribution in [-0.4, -0.2) is 41.0 Å². The Morgan fingerprint density at radius 2 is 1.27 bits per heavy atom. The van der Waals surface area contributed by atoms with Crippen LogP contribution >= 0.6 is 0 Å². The molecule has 2 unspecified atom stereocenters. The van der Waals surface area contributed by atoms with Crippen LogP contribution in [0.3, 0.4) is 0 Å². The van der Waals surface area contributed by atoms with Crippen LogP contribution in [0.2, 0.25) is 0 Å². The predicted octanol–water partition coefficient (Wildman–Crippen LogP) is 5.06. The first-order valence-electron chi connectivity index (χ1n) is 14.5. The summed E-state index contributed by atoms with van der Waals surface area (Å²) in [6.07, 6.45) is 7.31. The lowest BCUT2D eigenvalue weighted by atomic mass is 9.99. The van der Waals surface area contributed by atoms with Gasteiger partial charge in [0.25, 0.3) is 0 Å². The van der Waals surface area contributed by atoms with Crippen LogP contribution in [0.5, 0.6) is 0 Å². The molecule has 0 aliphatic carbocycles. The van der Waals surface area contributed by atoms with Gasteiger partial charge in [-0.3, -0.25) is 14.6 Å². The predicted molar refractivity (Wildman–Crippen MR) is 163 cm³/mol. The number of carbonyl (C=O) groups excluding carboxylic acids is 2. The lowest BCUT2D eigenvalue weighted by Crippen LogP contribution is -2.56. The molecule has 0 aliphatic rings. The molecule has 0 spiro atoms. The smallest absolute Gasteiger partial charge is 0.243 e. The van der Waals surface area contributed by atoms with Gasteiger partial charge >= 0.3 is 0 Å². The van der Waals surface area contributed by atoms with Gasteiger partial charge in [-0.15, -0.1) is 0 Å². The molecule has 0 fully saturated rings. The molecular weight excluding hydrogens is 496 g/mol. The Hall–Kier alpha value is -3.51. The summed E-state index contributed by atoms with van der Waals surface area (Å²) in [7, 11) is 0. The van der Waals surface area contributed by atoms with Crippen molar-refractivity contribution in [2.24, 2.45) is 5.92 Å². The van der Waals surface area contributed by atoms with Gasteiger partial charge in [-0.1, -0.05) is 68.4 Å². The maximum atomic E-state index is 13.6. The zero-order chi connectivity index (χ0) is 29.0. The third kappa shape index (κ3) is 11.3. The van der Waals surface area contributed by atoms with Gasteiger partial charge in [0.05, 0.1) is 6.04 Å². The van der Waals surface area contributed by atoms with Gasteiger partial charge in [-0.2, -0.15) is 0 Å². The minimum Gasteiger partial charge on any atom is -0.350 e. The zero-order valence-electron chi connectivity index (χ0n) is 24.7. The molecule has 0 radical (unpaired) electrons. The lowest BCUT2D eigenvalue weighted by Gasteiger charge is -2.27. The van der Waals surface area contributed by atoms with Crippen molar-refractivity contribution in [1.82, 2.24) is 20.9 Å². The fourth-order valence-corrected chi connectivity index (χ4v) is 4.51. The quantitative estimate of drug-likeness (QED) is 0.266. The Kier molecular flexibility index (Phi) is 11.9. The summed E-state index contributed by atoms with van der Waals surface area (Å²) in [5.41, 5.74) is 4.19. The molecule has 6 heteroatoms. The molecule has 0 aliphatic heterocycles. The average Bonchev–Trinajstić information content (AvgIpc) is 2.91. The van der Waals surface area contributed by atoms with Crippen LogP contribution in [0, 0.1) is 5.92 Å². The second kappa shape index (κ2) is 15.3. The van der Waals surface area contributed by atoms with E-state index in [4.69, 9.17) is 0 Å². The van der Waals surface area contributed by atoms with Gasteiger partial charge < -0.3 is 16.0 Å². The van der Waals surface area contributed by atoms with Crippen LogP contribution in [0.4, 0.5) is 0 Å². The SMILES string of the molecule is CC(C)CCNC(Cc1ccncc1)C(=O)NC(Cc1ccc(CCc2ccccc2)cc1)C(=O)NC(C)(C)C. The van der Waals surface area contributed by atoms with Crippen molar-refractivity contribution in [3.05, 3.63) is 101 Å². The highest BCUT2D eigenvalue weighted by atomic mass is 16.2. The molecule has 2 atom stereocenters. The first-order valence-corrected chi connectivity index (χ1v) is 14.5. The van der Waals surface area contributed by atoms with Crippen molar-refractivity contribution in [2.75, 3.05) is 6.54 Å². The molecule has 1 aromatic heterocycles. The Morgan fingerprint density at radius 1 is 0.725 bits per heavy atom. The third-order valence-electron chi connectivity index (χ3n) is 6.76. The summed E-state index contributed by atoms with van der Waals surface area (Å²) in [6, 6.07) is 21.6. The summed E-state index contributed by atoms with van der Waals surface area (Å²) >= 11 is 0. The number of pyridine rings is 1. The van der Waals surface area contributed by atoms with Crippen LogP contribution in [0.15, 0.2) is 79.1 Å². The first-order chi connectivity index (χ1) is 19.1. The van der Waals surface area contributed by atoms with E-state index in [1.54, 1.807) is 12.4 Å². The van der Waals surface area contributed by atoms with Crippen molar-refractivity contribution in [3.8, 4) is 0 Å². The molecule has 2 amide bonds. The molecule has 40 heavy (non-hydrogen) atoms. The van der Waals surface area contributed by atoms with Crippen LogP contribution < -0.4 is 16.0 Å². The van der Waals surface area contributed by atoms with Crippen molar-refractivity contribution < 1.29 is 9.59 Å². The summed E-state index contributed by atoms with van der Waals surface area (Å²) in [4.78, 5) is 31.0. The molecule has 6 nitrogen and oxygen atoms in total. The van der Waals surface area contributed by atoms with E-state index in [0.29, 0.717) is 18.8 Å². The third-order valence-corrected chi connectivity index (χ3v) is 6.76. The molecule has 1 heterocycles. The zero-order valence-corrected chi connectivity index (χ0v) is 24.7. The fourth-order valence-electron chi connectivity index (χ4n) is 4.51. The maximum absolute atomic E-state index is 13.6. The molecule has 0 bridgehead atoms. The molecule has 2 aromatic carbocycles. The van der Waals surface area contributed by atoms with Crippen LogP contribution in [-0.2, 0) is 35.3 Å². The number of amides is 2. The summed E-state index contributed by atoms with van der Waals surface area (Å²) < 4.78 is 0. The van der Waals surface area contributed by atoms with Crippen LogP contribution in [0.1, 0.15) is 63.3 Å². The number of aryl methyl sites for hydroxylation is 2. The van der Waals surface area contributed by atoms with Crippen LogP contribution in [0.25, 0.3) is 0 Å². The molecule has 3 N–H and O–H groups in total. The van der Waals surface area contributed by atoms with Crippen molar-refractivity contribution in [3.63, 3.8) is 0 Å². The largest absolute Gasteiger partial charge is 0.350 e. The van der Waals surface area contributed by atoms with E-state index in [-0.39, 0.29) is 11.8 Å². The summed E-state index contributed by atoms with van der Waals surface area (Å²) in [6.45, 7) is 10.9. The van der Waals surface area contributed by atoms with E-state index in [1.807, 2.05) is 39.0 Å². The standard InChI is InChI=1S/C34H46N4O2/c1-25(2)17-22-36-30(23-29-18-20-35-21-19-29)32(39)37-31(33(40)38-34(3,4)5)24-28-15-13-27(14-16-28)12-11-26-9-7-6-8-10-26/h6-10,13-16,18-21,25,30-31,36H,11-12,17,22-24H2,1-5H3,(H,37,39)(H,38,40). The second-order valence-electron chi connectivity index (χ2n) is 12.1. The van der Waals surface area contributed by atoms with Crippen molar-refractivity contribution in [2.45, 2.75) is 84.3 Å². The van der Waals surface area contributed by atoms with Gasteiger partial charge in [0, 0.05) is 24.4 Å². The van der Waals surface area contributed by atoms with Gasteiger partial charge in [0.1, 0.15) is 6.04 Å². The highest BCUT2D eigenvalue weighted by Gasteiger charge is 2.28. The Labute approximate surface area is 240 Å². The van der Waals surface area contributed by atoms with Crippen molar-refractivity contribution >= 4 is 11.8 Å². The Balaban J connectivity index is 1.71. The van der Waals surface area contributed by atoms with E-state index in [1.165, 1.54) is 11.1 Å². The minimum absolute atomic E-state index is 0.172. The monoisotopic (exact) mass is 542 g/mol. The fraction of sp³-hybridized carbons (Fsp3) is 0.441. The topological polar surface area (TPSA) is 83.1 Å². The number of nitrogens with zero attached hydrogens (tertiary/aromatic N) is 1. The van der Waals surface area contributed by atoms with E-state index in [9.17, 15) is 9.59 Å². The highest BCUT2D eigenvalue weighted by molar-refractivity contribution is 5.90. The number of rotatable bonds is 14. The second-order valence-corrected chi connectivity index (χ2v) is 12.1. The number of hydrogen-bond donors (Lipinski definition) is 3. The Bertz CT molecular complexity index is 1170. The first kappa shape index (κ1) is 31.0. The number of benzene rings is 2. The van der Waals surface area contributed by atoms with Crippen molar-refractivity contribution in [1.29, 1.82) is 0 Å². The van der Waals surface area contributed by atoms with E-state index < -0.39 is 17.6 Å². The van der Waals surface area contributed by atoms with Gasteiger partial charge in [-0.05, 0) is 93.3 Å². The molecule has 3 rings (SSSR count). The molecule has 0 saturated heterocycles. The van der Waals surface area contributed by atoms with E-state index in [2.05, 4.69) is 83.3 Å². The average molecular weight is 543 g/mol. The Morgan fingerprint density at radius 3 is 1.88 bits per heavy atom. The molecule has 214 valence electrons. The normalized spacial score (nSPS) is 13.1. The molecule has 3 aromatic rings. The molecule has 0 saturated carbocycles. The van der Waals surface area contributed by atoms with Gasteiger partial charge in [0.15, 0.2) is 0 Å². The number of carbonyl (C=O) groups is 2. The minimum atomic E-state index is -0.686. The summed E-state index contributed by atoms with van der Waals surface area (Å²) in [5, 5.41) is 9.56. The lowest BCUT2D eigenvalue weighted by molar-refractivity contribution is -0.130. The highest BCUT2D eigenvalue weighted by Crippen LogP contribution is 2.13. The van der Waals surface area contributed by atoms with Gasteiger partial charge in [0.2, 0.25) is 11.8 Å². The van der Waals surface area contributed by atoms with Gasteiger partial charge in [-0.25, -0.2) is 0 Å². The van der Waals surface area contributed by atoms with E-state index >= 15 is 0 Å². The van der Waals surface area contributed by atoms with E-state index in [0.717, 1.165) is 36.9 Å². The number of hydrogen-bond acceptors (Lipinski definition) is 4. The maximum Gasteiger partial charge on any atom is 0.243 e. The number of aromatic nitrogens is 1. The summed E-state index contributed by atoms with van der Waals surface area (Å²) in [5.74, 6) is 0.172.